The number of nitrogens with two attached hydrogens (primary N) is 1. The predicted octanol–water partition coefficient (Wildman–Crippen LogP) is 2.10. The van der Waals surface area contributed by atoms with E-state index in [1.54, 1.807) is 11.9 Å². The fourth-order valence-electron chi connectivity index (χ4n) is 2.07. The van der Waals surface area contributed by atoms with E-state index in [0.29, 0.717) is 18.9 Å². The molecule has 21 heavy (non-hydrogen) atoms. The summed E-state index contributed by atoms with van der Waals surface area (Å²) in [4.78, 5) is 14.2. The van der Waals surface area contributed by atoms with Gasteiger partial charge in [-0.25, -0.2) is 0 Å². The molecule has 0 aliphatic carbocycles. The second-order valence-corrected chi connectivity index (χ2v) is 5.71. The van der Waals surface area contributed by atoms with Crippen LogP contribution in [0.15, 0.2) is 35.5 Å². The van der Waals surface area contributed by atoms with E-state index in [1.165, 1.54) is 0 Å². The van der Waals surface area contributed by atoms with E-state index >= 15 is 0 Å². The first-order chi connectivity index (χ1) is 9.95. The van der Waals surface area contributed by atoms with Crippen molar-refractivity contribution >= 4 is 11.7 Å². The van der Waals surface area contributed by atoms with Crippen LogP contribution < -0.4 is 5.73 Å². The molecule has 5 nitrogen and oxygen atoms in total. The summed E-state index contributed by atoms with van der Waals surface area (Å²) in [6, 6.07) is 9.59. The van der Waals surface area contributed by atoms with Crippen molar-refractivity contribution in [1.29, 1.82) is 0 Å². The van der Waals surface area contributed by atoms with Crippen molar-refractivity contribution in [1.82, 2.24) is 4.90 Å². The van der Waals surface area contributed by atoms with E-state index in [9.17, 15) is 4.79 Å². The normalized spacial score (nSPS) is 13.2. The minimum absolute atomic E-state index is 0.0414. The molecule has 0 spiro atoms. The number of oxime groups is 1. The van der Waals surface area contributed by atoms with Crippen LogP contribution in [0.1, 0.15) is 25.8 Å². The third-order valence-electron chi connectivity index (χ3n) is 3.47. The van der Waals surface area contributed by atoms with Crippen molar-refractivity contribution in [3.8, 4) is 0 Å². The molecule has 0 saturated carbocycles. The van der Waals surface area contributed by atoms with Gasteiger partial charge in [-0.05, 0) is 24.3 Å². The summed E-state index contributed by atoms with van der Waals surface area (Å²) in [6.07, 6.45) is 1.36. The number of benzene rings is 1. The fraction of sp³-hybridized carbons (Fsp3) is 0.500. The highest BCUT2D eigenvalue weighted by molar-refractivity contribution is 6.02. The Bertz CT molecular complexity index is 472. The van der Waals surface area contributed by atoms with Gasteiger partial charge in [0.1, 0.15) is 5.92 Å². The molecular formula is C16H25N3O2. The molecule has 0 bridgehead atoms. The molecule has 1 amide bonds. The molecule has 5 heteroatoms. The summed E-state index contributed by atoms with van der Waals surface area (Å²) in [5.74, 6) is -0.263. The SMILES string of the molecule is CC(C)CCN(C)C(=O)C(Cc1ccccc1)C(N)=NO. The minimum Gasteiger partial charge on any atom is -0.409 e. The molecule has 0 saturated heterocycles. The molecule has 0 radical (unpaired) electrons. The molecule has 1 aromatic carbocycles. The standard InChI is InChI=1S/C16H25N3O2/c1-12(2)9-10-19(3)16(20)14(15(17)18-21)11-13-7-5-4-6-8-13/h4-8,12,14,21H,9-11H2,1-3H3,(H2,17,18). The molecule has 1 aromatic rings. The number of rotatable bonds is 7. The number of carbonyl (C=O) groups excluding carboxylic acids is 1. The highest BCUT2D eigenvalue weighted by Crippen LogP contribution is 2.13. The van der Waals surface area contributed by atoms with Crippen molar-refractivity contribution in [3.05, 3.63) is 35.9 Å². The van der Waals surface area contributed by atoms with Crippen molar-refractivity contribution < 1.29 is 10.0 Å². The van der Waals surface area contributed by atoms with Gasteiger partial charge in [-0.1, -0.05) is 49.3 Å². The first-order valence-corrected chi connectivity index (χ1v) is 7.22. The molecule has 1 atom stereocenters. The zero-order valence-electron chi connectivity index (χ0n) is 13.0. The van der Waals surface area contributed by atoms with Crippen molar-refractivity contribution in [2.45, 2.75) is 26.7 Å². The van der Waals surface area contributed by atoms with Crippen LogP contribution in [0.5, 0.6) is 0 Å². The Kier molecular flexibility index (Phi) is 6.72. The van der Waals surface area contributed by atoms with Crippen molar-refractivity contribution in [2.24, 2.45) is 22.7 Å². The summed E-state index contributed by atoms with van der Waals surface area (Å²) in [7, 11) is 1.76. The lowest BCUT2D eigenvalue weighted by Crippen LogP contribution is -2.41. The van der Waals surface area contributed by atoms with E-state index in [1.807, 2.05) is 30.3 Å². The van der Waals surface area contributed by atoms with Gasteiger partial charge < -0.3 is 15.8 Å². The minimum atomic E-state index is -0.630. The average Bonchev–Trinajstić information content (AvgIpc) is 2.49. The highest BCUT2D eigenvalue weighted by atomic mass is 16.4. The maximum absolute atomic E-state index is 12.5. The van der Waals surface area contributed by atoms with E-state index in [0.717, 1.165) is 12.0 Å². The Balaban J connectivity index is 2.80. The van der Waals surface area contributed by atoms with Gasteiger partial charge in [0.15, 0.2) is 5.84 Å². The molecule has 0 aliphatic heterocycles. The molecule has 1 rings (SSSR count). The van der Waals surface area contributed by atoms with E-state index in [2.05, 4.69) is 19.0 Å². The first-order valence-electron chi connectivity index (χ1n) is 7.22. The number of amides is 1. The monoisotopic (exact) mass is 291 g/mol. The summed E-state index contributed by atoms with van der Waals surface area (Å²) >= 11 is 0. The number of nitrogens with zero attached hydrogens (tertiary/aromatic N) is 2. The van der Waals surface area contributed by atoms with Gasteiger partial charge in [0.05, 0.1) is 0 Å². The van der Waals surface area contributed by atoms with E-state index in [-0.39, 0.29) is 11.7 Å². The molecule has 1 unspecified atom stereocenters. The molecular weight excluding hydrogens is 266 g/mol. The highest BCUT2D eigenvalue weighted by Gasteiger charge is 2.26. The third-order valence-corrected chi connectivity index (χ3v) is 3.47. The molecule has 116 valence electrons. The van der Waals surface area contributed by atoms with Gasteiger partial charge in [0.2, 0.25) is 5.91 Å². The summed E-state index contributed by atoms with van der Waals surface area (Å²) in [6.45, 7) is 4.90. The number of amidine groups is 1. The second kappa shape index (κ2) is 8.29. The van der Waals surface area contributed by atoms with Crippen LogP contribution >= 0.6 is 0 Å². The van der Waals surface area contributed by atoms with Gasteiger partial charge in [-0.2, -0.15) is 0 Å². The second-order valence-electron chi connectivity index (χ2n) is 5.71. The lowest BCUT2D eigenvalue weighted by Gasteiger charge is -2.24. The Morgan fingerprint density at radius 2 is 1.95 bits per heavy atom. The van der Waals surface area contributed by atoms with Gasteiger partial charge in [-0.3, -0.25) is 4.79 Å². The van der Waals surface area contributed by atoms with E-state index in [4.69, 9.17) is 10.9 Å². The smallest absolute Gasteiger partial charge is 0.233 e. The average molecular weight is 291 g/mol. The van der Waals surface area contributed by atoms with Crippen molar-refractivity contribution in [3.63, 3.8) is 0 Å². The van der Waals surface area contributed by atoms with Crippen LogP contribution in [-0.4, -0.2) is 35.4 Å². The molecule has 0 fully saturated rings. The van der Waals surface area contributed by atoms with Gasteiger partial charge >= 0.3 is 0 Å². The van der Waals surface area contributed by atoms with Crippen LogP contribution in [0.4, 0.5) is 0 Å². The Morgan fingerprint density at radius 1 is 1.33 bits per heavy atom. The van der Waals surface area contributed by atoms with Crippen LogP contribution in [0.2, 0.25) is 0 Å². The van der Waals surface area contributed by atoms with Gasteiger partial charge in [0.25, 0.3) is 0 Å². The first kappa shape index (κ1) is 17.0. The number of carbonyl (C=O) groups is 1. The lowest BCUT2D eigenvalue weighted by atomic mass is 9.96. The van der Waals surface area contributed by atoms with Gasteiger partial charge in [-0.15, -0.1) is 0 Å². The van der Waals surface area contributed by atoms with Crippen LogP contribution in [0.3, 0.4) is 0 Å². The van der Waals surface area contributed by atoms with Crippen LogP contribution in [-0.2, 0) is 11.2 Å². The number of hydrogen-bond acceptors (Lipinski definition) is 3. The Labute approximate surface area is 126 Å². The maximum Gasteiger partial charge on any atom is 0.233 e. The lowest BCUT2D eigenvalue weighted by molar-refractivity contribution is -0.132. The summed E-state index contributed by atoms with van der Waals surface area (Å²) in [5.41, 5.74) is 6.70. The van der Waals surface area contributed by atoms with Gasteiger partial charge in [0, 0.05) is 13.6 Å². The predicted molar refractivity (Wildman–Crippen MR) is 84.1 cm³/mol. The Morgan fingerprint density at radius 3 is 2.48 bits per heavy atom. The van der Waals surface area contributed by atoms with Crippen molar-refractivity contribution in [2.75, 3.05) is 13.6 Å². The molecule has 3 N–H and O–H groups in total. The summed E-state index contributed by atoms with van der Waals surface area (Å²) in [5, 5.41) is 12.0. The topological polar surface area (TPSA) is 78.9 Å². The number of hydrogen-bond donors (Lipinski definition) is 2. The van der Waals surface area contributed by atoms with Crippen LogP contribution in [0.25, 0.3) is 0 Å². The molecule has 0 aliphatic rings. The largest absolute Gasteiger partial charge is 0.409 e. The quantitative estimate of drug-likeness (QED) is 0.349. The summed E-state index contributed by atoms with van der Waals surface area (Å²) < 4.78 is 0. The fourth-order valence-corrected chi connectivity index (χ4v) is 2.07. The maximum atomic E-state index is 12.5. The van der Waals surface area contributed by atoms with E-state index < -0.39 is 5.92 Å². The van der Waals surface area contributed by atoms with Crippen LogP contribution in [0, 0.1) is 11.8 Å². The zero-order valence-corrected chi connectivity index (χ0v) is 13.0. The zero-order chi connectivity index (χ0) is 15.8. The molecule has 0 aromatic heterocycles. The Hall–Kier alpha value is -2.04. The third kappa shape index (κ3) is 5.45. The molecule has 0 heterocycles.